The molecule has 1 heterocycles. The molecule has 0 spiro atoms. The highest BCUT2D eigenvalue weighted by Gasteiger charge is 2.09. The molecule has 0 saturated carbocycles. The van der Waals surface area contributed by atoms with Crippen LogP contribution in [0.25, 0.3) is 0 Å². The van der Waals surface area contributed by atoms with Crippen LogP contribution < -0.4 is 4.74 Å². The average molecular weight is 368 g/mol. The van der Waals surface area contributed by atoms with E-state index in [2.05, 4.69) is 4.98 Å². The molecule has 78 valence electrons. The van der Waals surface area contributed by atoms with Gasteiger partial charge in [0.25, 0.3) is 0 Å². The number of alkyl halides is 1. The largest absolute Gasteiger partial charge is 0.473 e. The lowest BCUT2D eigenvalue weighted by Crippen LogP contribution is -2.10. The quantitative estimate of drug-likeness (QED) is 0.506. The highest BCUT2D eigenvalue weighted by molar-refractivity contribution is 14.1. The molecule has 0 fully saturated rings. The summed E-state index contributed by atoms with van der Waals surface area (Å²) in [4.78, 5) is 3.81. The SMILES string of the molecule is OC(I)COc1nc(Cl)c(Cl)cc1Cl. The third-order valence-electron chi connectivity index (χ3n) is 1.21. The molecule has 0 radical (unpaired) electrons. The lowest BCUT2D eigenvalue weighted by molar-refractivity contribution is 0.182. The maximum absolute atomic E-state index is 8.96. The molecule has 1 aromatic heterocycles. The molecule has 1 N–H and O–H groups in total. The molecular weight excluding hydrogens is 363 g/mol. The van der Waals surface area contributed by atoms with Crippen molar-refractivity contribution in [2.45, 2.75) is 4.11 Å². The van der Waals surface area contributed by atoms with Crippen molar-refractivity contribution in [3.8, 4) is 5.88 Å². The molecule has 1 rings (SSSR count). The Morgan fingerprint density at radius 3 is 2.64 bits per heavy atom. The van der Waals surface area contributed by atoms with Crippen LogP contribution >= 0.6 is 57.4 Å². The summed E-state index contributed by atoms with van der Waals surface area (Å²) in [6.45, 7) is 0.0885. The second-order valence-electron chi connectivity index (χ2n) is 2.29. The average Bonchev–Trinajstić information content (AvgIpc) is 2.09. The van der Waals surface area contributed by atoms with E-state index in [-0.39, 0.29) is 27.7 Å². The third-order valence-corrected chi connectivity index (χ3v) is 2.52. The van der Waals surface area contributed by atoms with Gasteiger partial charge in [-0.15, -0.1) is 0 Å². The van der Waals surface area contributed by atoms with E-state index < -0.39 is 4.11 Å². The Morgan fingerprint density at radius 2 is 2.07 bits per heavy atom. The molecule has 3 nitrogen and oxygen atoms in total. The fourth-order valence-electron chi connectivity index (χ4n) is 0.677. The molecule has 0 aromatic carbocycles. The van der Waals surface area contributed by atoms with Crippen LogP contribution in [0.5, 0.6) is 5.88 Å². The molecular formula is C7H5Cl3INO2. The first-order valence-electron chi connectivity index (χ1n) is 3.47. The van der Waals surface area contributed by atoms with Gasteiger partial charge in [0.05, 0.1) is 5.02 Å². The summed E-state index contributed by atoms with van der Waals surface area (Å²) >= 11 is 18.9. The number of pyridine rings is 1. The minimum Gasteiger partial charge on any atom is -0.473 e. The summed E-state index contributed by atoms with van der Waals surface area (Å²) in [7, 11) is 0. The van der Waals surface area contributed by atoms with Crippen LogP contribution in [0.2, 0.25) is 15.2 Å². The van der Waals surface area contributed by atoms with Crippen LogP contribution in [0.3, 0.4) is 0 Å². The number of nitrogens with zero attached hydrogens (tertiary/aromatic N) is 1. The Bertz CT molecular complexity index is 335. The molecule has 1 aromatic rings. The number of hydrogen-bond acceptors (Lipinski definition) is 3. The first kappa shape index (κ1) is 12.6. The van der Waals surface area contributed by atoms with Gasteiger partial charge in [-0.2, -0.15) is 4.98 Å². The van der Waals surface area contributed by atoms with E-state index in [1.54, 1.807) is 22.6 Å². The standard InChI is InChI=1S/C7H5Cl3INO2/c8-3-1-4(9)7(12-6(3)10)14-2-5(11)13/h1,5,13H,2H2. The predicted octanol–water partition coefficient (Wildman–Crippen LogP) is 3.17. The van der Waals surface area contributed by atoms with Gasteiger partial charge in [0.15, 0.2) is 5.15 Å². The number of aliphatic hydroxyl groups is 1. The van der Waals surface area contributed by atoms with Crippen LogP contribution in [0, 0.1) is 0 Å². The van der Waals surface area contributed by atoms with Crippen molar-refractivity contribution in [2.75, 3.05) is 6.61 Å². The Balaban J connectivity index is 2.82. The zero-order valence-corrected chi connectivity index (χ0v) is 11.1. The first-order chi connectivity index (χ1) is 6.50. The molecule has 14 heavy (non-hydrogen) atoms. The van der Waals surface area contributed by atoms with Crippen LogP contribution in [-0.2, 0) is 0 Å². The third kappa shape index (κ3) is 3.58. The van der Waals surface area contributed by atoms with Gasteiger partial charge in [0.1, 0.15) is 15.7 Å². The topological polar surface area (TPSA) is 42.4 Å². The summed E-state index contributed by atoms with van der Waals surface area (Å²) in [6, 6.07) is 1.44. The van der Waals surface area contributed by atoms with Gasteiger partial charge in [0, 0.05) is 0 Å². The molecule has 0 aliphatic heterocycles. The minimum absolute atomic E-state index is 0.0885. The molecule has 1 atom stereocenters. The normalized spacial score (nSPS) is 12.6. The van der Waals surface area contributed by atoms with Crippen molar-refractivity contribution >= 4 is 57.4 Å². The van der Waals surface area contributed by atoms with Gasteiger partial charge >= 0.3 is 0 Å². The van der Waals surface area contributed by atoms with Gasteiger partial charge in [-0.25, -0.2) is 0 Å². The summed E-state index contributed by atoms with van der Waals surface area (Å²) < 4.78 is 4.47. The number of aromatic nitrogens is 1. The Hall–Kier alpha value is 0.510. The molecule has 0 bridgehead atoms. The number of hydrogen-bond donors (Lipinski definition) is 1. The molecule has 0 aliphatic carbocycles. The van der Waals surface area contributed by atoms with E-state index >= 15 is 0 Å². The van der Waals surface area contributed by atoms with Crippen LogP contribution in [0.15, 0.2) is 6.07 Å². The number of halogens is 4. The second-order valence-corrected chi connectivity index (χ2v) is 4.90. The fourth-order valence-corrected chi connectivity index (χ4v) is 1.40. The summed E-state index contributed by atoms with van der Waals surface area (Å²) in [6.07, 6.45) is 0. The van der Waals surface area contributed by atoms with Crippen molar-refractivity contribution in [1.29, 1.82) is 0 Å². The van der Waals surface area contributed by atoms with Crippen LogP contribution in [0.4, 0.5) is 0 Å². The number of aliphatic hydroxyl groups excluding tert-OH is 1. The number of ether oxygens (including phenoxy) is 1. The van der Waals surface area contributed by atoms with Gasteiger partial charge in [0.2, 0.25) is 5.88 Å². The fraction of sp³-hybridized carbons (Fsp3) is 0.286. The van der Waals surface area contributed by atoms with Crippen molar-refractivity contribution in [1.82, 2.24) is 4.98 Å². The van der Waals surface area contributed by atoms with Gasteiger partial charge in [-0.05, 0) is 28.7 Å². The predicted molar refractivity (Wildman–Crippen MR) is 64.8 cm³/mol. The Morgan fingerprint density at radius 1 is 1.43 bits per heavy atom. The lowest BCUT2D eigenvalue weighted by Gasteiger charge is -2.08. The van der Waals surface area contributed by atoms with Gasteiger partial charge in [-0.3, -0.25) is 0 Å². The molecule has 0 amide bonds. The van der Waals surface area contributed by atoms with E-state index in [4.69, 9.17) is 44.6 Å². The van der Waals surface area contributed by atoms with Gasteiger partial charge in [-0.1, -0.05) is 34.8 Å². The van der Waals surface area contributed by atoms with E-state index in [0.717, 1.165) is 0 Å². The second kappa shape index (κ2) is 5.55. The van der Waals surface area contributed by atoms with E-state index in [9.17, 15) is 0 Å². The maximum atomic E-state index is 8.96. The summed E-state index contributed by atoms with van der Waals surface area (Å²) in [5.41, 5.74) is 0. The van der Waals surface area contributed by atoms with Crippen LogP contribution in [0.1, 0.15) is 0 Å². The van der Waals surface area contributed by atoms with Crippen molar-refractivity contribution in [2.24, 2.45) is 0 Å². The Labute approximate surface area is 109 Å². The van der Waals surface area contributed by atoms with Crippen molar-refractivity contribution < 1.29 is 9.84 Å². The molecule has 1 unspecified atom stereocenters. The highest BCUT2D eigenvalue weighted by atomic mass is 127. The summed E-state index contributed by atoms with van der Waals surface area (Å²) in [5, 5.41) is 9.60. The van der Waals surface area contributed by atoms with Crippen molar-refractivity contribution in [3.05, 3.63) is 21.3 Å². The minimum atomic E-state index is -0.625. The zero-order valence-electron chi connectivity index (χ0n) is 6.68. The molecule has 7 heteroatoms. The smallest absolute Gasteiger partial charge is 0.234 e. The number of rotatable bonds is 3. The highest BCUT2D eigenvalue weighted by Crippen LogP contribution is 2.30. The van der Waals surface area contributed by atoms with Gasteiger partial charge < -0.3 is 9.84 Å². The van der Waals surface area contributed by atoms with E-state index in [0.29, 0.717) is 0 Å². The van der Waals surface area contributed by atoms with E-state index in [1.165, 1.54) is 6.07 Å². The first-order valence-corrected chi connectivity index (χ1v) is 5.85. The molecule has 0 saturated heterocycles. The Kier molecular flexibility index (Phi) is 4.99. The van der Waals surface area contributed by atoms with Crippen molar-refractivity contribution in [3.63, 3.8) is 0 Å². The monoisotopic (exact) mass is 367 g/mol. The van der Waals surface area contributed by atoms with E-state index in [1.807, 2.05) is 0 Å². The summed E-state index contributed by atoms with van der Waals surface area (Å²) in [5.74, 6) is 0.164. The molecule has 0 aliphatic rings. The lowest BCUT2D eigenvalue weighted by atomic mass is 10.5. The zero-order chi connectivity index (χ0) is 10.7. The maximum Gasteiger partial charge on any atom is 0.234 e. The van der Waals surface area contributed by atoms with Crippen LogP contribution in [-0.4, -0.2) is 20.8 Å².